The summed E-state index contributed by atoms with van der Waals surface area (Å²) in [5.41, 5.74) is 18.4. The number of furan rings is 3. The van der Waals surface area contributed by atoms with Gasteiger partial charge in [0.1, 0.15) is 11.9 Å². The minimum Gasteiger partial charge on any atom is -0.475 e. The van der Waals surface area contributed by atoms with E-state index in [1.807, 2.05) is 13.0 Å². The number of nitrogens with one attached hydrogen (secondary N) is 3. The number of nitrogen functional groups attached to an aromatic ring is 3. The highest BCUT2D eigenvalue weighted by molar-refractivity contribution is 6.05. The molecule has 0 aliphatic carbocycles. The molecule has 0 saturated heterocycles. The van der Waals surface area contributed by atoms with Crippen LogP contribution in [0.2, 0.25) is 0 Å². The van der Waals surface area contributed by atoms with E-state index in [0.29, 0.717) is 28.3 Å². The van der Waals surface area contributed by atoms with E-state index in [1.54, 1.807) is 54.6 Å². The van der Waals surface area contributed by atoms with Crippen LogP contribution < -0.4 is 33.2 Å². The van der Waals surface area contributed by atoms with Crippen LogP contribution in [-0.2, 0) is 6.18 Å². The third-order valence-corrected chi connectivity index (χ3v) is 7.85. The molecule has 0 aliphatic heterocycles. The van der Waals surface area contributed by atoms with E-state index in [9.17, 15) is 36.7 Å². The Bertz CT molecular complexity index is 2660. The number of hydrogen-bond acceptors (Lipinski definition) is 11. The first-order chi connectivity index (χ1) is 29.5. The standard InChI is InChI=1S/C14H13FN2O.C12H9F3N2O2.C12H9N3O2.C5H4O3/c1-9-8-10(16)6-7-13(9)17-14(18)11-4-2-3-5-12(11)15;13-12(14,15)8-6-7(16)3-4-9(8)17-11(18)10-2-1-5-19-10;13-7-8-6-9(14)3-4-10(8)15-12(16)11-2-1-5-17-11;6-5(7)4-2-1-3-8-4/h2-8H,16H2,1H3,(H,17,18);1-6H,16H2,(H,17,18);1-6H,14H2,(H,15,16);1-3H,(H,6,7). The number of carbonyl (C=O) groups is 4. The minimum atomic E-state index is -4.61. The number of nitrogens with zero attached hydrogens (tertiary/aromatic N) is 1. The third-order valence-electron chi connectivity index (χ3n) is 7.85. The molecule has 0 radical (unpaired) electrons. The lowest BCUT2D eigenvalue weighted by Crippen LogP contribution is -2.16. The zero-order valence-corrected chi connectivity index (χ0v) is 32.2. The van der Waals surface area contributed by atoms with Crippen molar-refractivity contribution in [2.45, 2.75) is 13.1 Å². The van der Waals surface area contributed by atoms with E-state index in [4.69, 9.17) is 36.4 Å². The molecule has 0 saturated carbocycles. The Balaban J connectivity index is 0.000000188. The van der Waals surface area contributed by atoms with Gasteiger partial charge in [-0.15, -0.1) is 0 Å². The number of carboxylic acid groups (broad SMARTS) is 1. The molecule has 0 atom stereocenters. The Kier molecular flexibility index (Phi) is 15.8. The van der Waals surface area contributed by atoms with E-state index in [0.717, 1.165) is 17.7 Å². The molecule has 0 aliphatic rings. The number of hydrogen-bond donors (Lipinski definition) is 7. The number of benzene rings is 4. The number of carboxylic acids is 1. The molecule has 7 aromatic rings. The number of aromatic carboxylic acids is 1. The molecule has 0 spiro atoms. The SMILES string of the molecule is Cc1cc(N)ccc1NC(=O)c1ccccc1F.N#Cc1cc(N)ccc1NC(=O)c1ccco1.Nc1ccc(NC(=O)c2ccco2)c(C(F)(F)F)c1.O=C(O)c1ccco1. The fourth-order valence-corrected chi connectivity index (χ4v) is 4.91. The van der Waals surface area contributed by atoms with Crippen molar-refractivity contribution in [2.75, 3.05) is 33.2 Å². The largest absolute Gasteiger partial charge is 0.475 e. The number of rotatable bonds is 7. The van der Waals surface area contributed by atoms with E-state index in [-0.39, 0.29) is 34.2 Å². The summed E-state index contributed by atoms with van der Waals surface area (Å²) in [6.07, 6.45) is -0.629. The second-order valence-electron chi connectivity index (χ2n) is 12.4. The second kappa shape index (κ2) is 21.3. The summed E-state index contributed by atoms with van der Waals surface area (Å²) in [5.74, 6) is -3.13. The number of alkyl halides is 3. The molecule has 0 fully saturated rings. The highest BCUT2D eigenvalue weighted by Gasteiger charge is 2.34. The summed E-state index contributed by atoms with van der Waals surface area (Å²) in [5, 5.41) is 24.5. The molecule has 0 unspecified atom stereocenters. The van der Waals surface area contributed by atoms with Crippen LogP contribution in [0.1, 0.15) is 58.7 Å². The fraction of sp³-hybridized carbons (Fsp3) is 0.0465. The van der Waals surface area contributed by atoms with Crippen LogP contribution >= 0.6 is 0 Å². The zero-order chi connectivity index (χ0) is 45.4. The van der Waals surface area contributed by atoms with E-state index >= 15 is 0 Å². The van der Waals surface area contributed by atoms with E-state index in [1.165, 1.54) is 67.3 Å². The van der Waals surface area contributed by atoms with E-state index < -0.39 is 41.2 Å². The van der Waals surface area contributed by atoms with Crippen LogP contribution in [0, 0.1) is 24.1 Å². The monoisotopic (exact) mass is 853 g/mol. The van der Waals surface area contributed by atoms with Crippen LogP contribution in [0.5, 0.6) is 0 Å². The van der Waals surface area contributed by atoms with Gasteiger partial charge in [-0.2, -0.15) is 18.4 Å². The Morgan fingerprint density at radius 3 is 1.55 bits per heavy atom. The van der Waals surface area contributed by atoms with Gasteiger partial charge in [-0.25, -0.2) is 9.18 Å². The number of halogens is 4. The van der Waals surface area contributed by atoms with Crippen LogP contribution in [0.3, 0.4) is 0 Å². The fourth-order valence-electron chi connectivity index (χ4n) is 4.91. The molecule has 10 N–H and O–H groups in total. The number of nitrogens with two attached hydrogens (primary N) is 3. The van der Waals surface area contributed by atoms with Crippen LogP contribution in [0.4, 0.5) is 51.7 Å². The smallest absolute Gasteiger partial charge is 0.418 e. The van der Waals surface area contributed by atoms with Gasteiger partial charge >= 0.3 is 12.1 Å². The average molecular weight is 854 g/mol. The first kappa shape index (κ1) is 45.9. The lowest BCUT2D eigenvalue weighted by Gasteiger charge is -2.13. The molecule has 3 aromatic heterocycles. The van der Waals surface area contributed by atoms with Crippen molar-refractivity contribution < 1.29 is 55.1 Å². The maximum Gasteiger partial charge on any atom is 0.418 e. The highest BCUT2D eigenvalue weighted by atomic mass is 19.4. The molecule has 62 heavy (non-hydrogen) atoms. The van der Waals surface area contributed by atoms with Crippen molar-refractivity contribution in [3.05, 3.63) is 179 Å². The van der Waals surface area contributed by atoms with Crippen molar-refractivity contribution in [3.63, 3.8) is 0 Å². The van der Waals surface area contributed by atoms with Crippen molar-refractivity contribution in [1.29, 1.82) is 5.26 Å². The molecule has 7 rings (SSSR count). The van der Waals surface area contributed by atoms with Gasteiger partial charge in [-0.05, 0) is 116 Å². The molecule has 0 bridgehead atoms. The Hall–Kier alpha value is -8.79. The summed E-state index contributed by atoms with van der Waals surface area (Å²) in [7, 11) is 0. The average Bonchev–Trinajstić information content (AvgIpc) is 4.06. The van der Waals surface area contributed by atoms with Crippen molar-refractivity contribution in [3.8, 4) is 6.07 Å². The summed E-state index contributed by atoms with van der Waals surface area (Å²) in [6, 6.07) is 29.6. The molecule has 318 valence electrons. The van der Waals surface area contributed by atoms with Crippen molar-refractivity contribution >= 4 is 57.8 Å². The molecule has 3 heterocycles. The Morgan fingerprint density at radius 2 is 1.08 bits per heavy atom. The summed E-state index contributed by atoms with van der Waals surface area (Å²) in [6.45, 7) is 1.83. The van der Waals surface area contributed by atoms with Gasteiger partial charge in [0.25, 0.3) is 17.7 Å². The van der Waals surface area contributed by atoms with Gasteiger partial charge in [-0.1, -0.05) is 12.1 Å². The lowest BCUT2D eigenvalue weighted by atomic mass is 10.1. The topological polar surface area (TPSA) is 266 Å². The van der Waals surface area contributed by atoms with Gasteiger partial charge < -0.3 is 51.5 Å². The Labute approximate surface area is 349 Å². The number of anilines is 6. The third kappa shape index (κ3) is 13.4. The molecule has 3 amide bonds. The van der Waals surface area contributed by atoms with Crippen molar-refractivity contribution in [2.24, 2.45) is 0 Å². The summed E-state index contributed by atoms with van der Waals surface area (Å²) in [4.78, 5) is 45.2. The maximum atomic E-state index is 13.4. The van der Waals surface area contributed by atoms with Crippen molar-refractivity contribution in [1.82, 2.24) is 0 Å². The number of aryl methyl sites for hydroxylation is 1. The van der Waals surface area contributed by atoms with Crippen LogP contribution in [0.15, 0.2) is 147 Å². The number of nitriles is 1. The Morgan fingerprint density at radius 1 is 0.613 bits per heavy atom. The van der Waals surface area contributed by atoms with Gasteiger partial charge in [0.15, 0.2) is 11.5 Å². The van der Waals surface area contributed by atoms with Gasteiger partial charge in [0.05, 0.1) is 46.9 Å². The lowest BCUT2D eigenvalue weighted by molar-refractivity contribution is -0.136. The molecular formula is C43H35F4N7O8. The maximum absolute atomic E-state index is 13.4. The van der Waals surface area contributed by atoms with Gasteiger partial charge in [-0.3, -0.25) is 14.4 Å². The van der Waals surface area contributed by atoms with Gasteiger partial charge in [0, 0.05) is 22.7 Å². The quantitative estimate of drug-likeness (QED) is 0.0585. The zero-order valence-electron chi connectivity index (χ0n) is 32.2. The van der Waals surface area contributed by atoms with E-state index in [2.05, 4.69) is 20.4 Å². The number of amides is 3. The summed E-state index contributed by atoms with van der Waals surface area (Å²) >= 11 is 0. The highest BCUT2D eigenvalue weighted by Crippen LogP contribution is 2.36. The predicted octanol–water partition coefficient (Wildman–Crippen LogP) is 9.07. The van der Waals surface area contributed by atoms with Crippen LogP contribution in [0.25, 0.3) is 0 Å². The minimum absolute atomic E-state index is 0.0220. The second-order valence-corrected chi connectivity index (χ2v) is 12.4. The predicted molar refractivity (Wildman–Crippen MR) is 220 cm³/mol. The van der Waals surface area contributed by atoms with Gasteiger partial charge in [0.2, 0.25) is 5.76 Å². The molecule has 4 aromatic carbocycles. The molecular weight excluding hydrogens is 819 g/mol. The summed E-state index contributed by atoms with van der Waals surface area (Å²) < 4.78 is 66.0. The molecule has 19 heteroatoms. The van der Waals surface area contributed by atoms with Crippen LogP contribution in [-0.4, -0.2) is 28.8 Å². The normalized spacial score (nSPS) is 10.2. The first-order valence-electron chi connectivity index (χ1n) is 17.6. The number of carbonyl (C=O) groups excluding carboxylic acids is 3. The first-order valence-corrected chi connectivity index (χ1v) is 17.6. The molecule has 15 nitrogen and oxygen atoms in total.